The Bertz CT molecular complexity index is 3550. The minimum Gasteiger partial charge on any atom is -0.310 e. The van der Waals surface area contributed by atoms with Gasteiger partial charge in [-0.05, 0) is 123 Å². The minimum absolute atomic E-state index is 1.12. The predicted octanol–water partition coefficient (Wildman–Crippen LogP) is 17.3. The number of anilines is 3. The van der Waals surface area contributed by atoms with Crippen LogP contribution in [0.5, 0.6) is 0 Å². The van der Waals surface area contributed by atoms with E-state index in [0.29, 0.717) is 0 Å². The van der Waals surface area contributed by atoms with E-state index in [-0.39, 0.29) is 0 Å². The second kappa shape index (κ2) is 15.5. The smallest absolute Gasteiger partial charge is 0.0547 e. The summed E-state index contributed by atoms with van der Waals surface area (Å²) in [7, 11) is 0. The van der Waals surface area contributed by atoms with Crippen molar-refractivity contribution in [2.45, 2.75) is 0 Å². The van der Waals surface area contributed by atoms with Gasteiger partial charge in [0.2, 0.25) is 0 Å². The Morgan fingerprint density at radius 3 is 1.48 bits per heavy atom. The Hall–Kier alpha value is -7.98. The summed E-state index contributed by atoms with van der Waals surface area (Å²) in [6.45, 7) is 0. The van der Waals surface area contributed by atoms with Gasteiger partial charge in [0.05, 0.1) is 11.0 Å². The molecular formula is C60H40N2S. The third-order valence-corrected chi connectivity index (χ3v) is 13.5. The van der Waals surface area contributed by atoms with Gasteiger partial charge < -0.3 is 9.47 Å². The van der Waals surface area contributed by atoms with E-state index in [1.165, 1.54) is 86.5 Å². The first-order valence-electron chi connectivity index (χ1n) is 21.5. The van der Waals surface area contributed by atoms with Crippen LogP contribution in [0.2, 0.25) is 0 Å². The average molecular weight is 821 g/mol. The minimum atomic E-state index is 1.12. The summed E-state index contributed by atoms with van der Waals surface area (Å²) < 4.78 is 5.06. The van der Waals surface area contributed by atoms with Crippen LogP contribution in [0.3, 0.4) is 0 Å². The molecule has 0 aliphatic heterocycles. The molecule has 0 N–H and O–H groups in total. The molecule has 2 nitrogen and oxygen atoms in total. The first kappa shape index (κ1) is 36.8. The van der Waals surface area contributed by atoms with Crippen molar-refractivity contribution in [2.24, 2.45) is 0 Å². The molecule has 0 spiro atoms. The highest BCUT2D eigenvalue weighted by atomic mass is 32.1. The van der Waals surface area contributed by atoms with Crippen molar-refractivity contribution < 1.29 is 0 Å². The molecule has 3 heteroatoms. The molecule has 0 fully saturated rings. The van der Waals surface area contributed by atoms with Gasteiger partial charge in [-0.3, -0.25) is 0 Å². The van der Waals surface area contributed by atoms with Gasteiger partial charge in [0.15, 0.2) is 0 Å². The predicted molar refractivity (Wildman–Crippen MR) is 270 cm³/mol. The molecule has 0 atom stereocenters. The highest BCUT2D eigenvalue weighted by Gasteiger charge is 2.18. The molecule has 12 rings (SSSR count). The number of benzene rings is 10. The molecule has 0 aliphatic carbocycles. The zero-order chi connectivity index (χ0) is 41.7. The lowest BCUT2D eigenvalue weighted by Gasteiger charge is -2.25. The van der Waals surface area contributed by atoms with Gasteiger partial charge in [-0.2, -0.15) is 0 Å². The second-order valence-electron chi connectivity index (χ2n) is 16.2. The number of aromatic nitrogens is 1. The number of para-hydroxylation sites is 2. The van der Waals surface area contributed by atoms with Crippen molar-refractivity contribution in [3.8, 4) is 50.2 Å². The summed E-state index contributed by atoms with van der Waals surface area (Å²) in [4.78, 5) is 2.36. The Morgan fingerprint density at radius 1 is 0.270 bits per heavy atom. The molecule has 0 saturated carbocycles. The van der Waals surface area contributed by atoms with E-state index >= 15 is 0 Å². The van der Waals surface area contributed by atoms with Gasteiger partial charge in [-0.1, -0.05) is 164 Å². The molecule has 296 valence electrons. The molecule has 0 bridgehead atoms. The molecule has 0 radical (unpaired) electrons. The van der Waals surface area contributed by atoms with E-state index in [9.17, 15) is 0 Å². The van der Waals surface area contributed by atoms with Gasteiger partial charge in [0.1, 0.15) is 0 Å². The topological polar surface area (TPSA) is 8.17 Å². The van der Waals surface area contributed by atoms with E-state index < -0.39 is 0 Å². The van der Waals surface area contributed by atoms with Crippen molar-refractivity contribution in [2.75, 3.05) is 4.90 Å². The van der Waals surface area contributed by atoms with E-state index in [1.807, 2.05) is 11.3 Å². The lowest BCUT2D eigenvalue weighted by atomic mass is 9.97. The number of fused-ring (bicyclic) bond motifs is 6. The van der Waals surface area contributed by atoms with Gasteiger partial charge in [-0.15, -0.1) is 11.3 Å². The second-order valence-corrected chi connectivity index (χ2v) is 17.2. The Kier molecular flexibility index (Phi) is 9.06. The van der Waals surface area contributed by atoms with Crippen LogP contribution in [0.25, 0.3) is 92.2 Å². The average Bonchev–Trinajstić information content (AvgIpc) is 3.90. The zero-order valence-corrected chi connectivity index (χ0v) is 35.2. The number of rotatable bonds is 8. The van der Waals surface area contributed by atoms with Crippen LogP contribution in [0, 0.1) is 0 Å². The van der Waals surface area contributed by atoms with Crippen LogP contribution in [0.1, 0.15) is 0 Å². The van der Waals surface area contributed by atoms with Gasteiger partial charge in [0.25, 0.3) is 0 Å². The van der Waals surface area contributed by atoms with Crippen LogP contribution in [0.4, 0.5) is 17.1 Å². The molecule has 0 unspecified atom stereocenters. The maximum absolute atomic E-state index is 2.45. The molecular weight excluding hydrogens is 781 g/mol. The fourth-order valence-corrected chi connectivity index (χ4v) is 10.5. The number of thiophene rings is 1. The van der Waals surface area contributed by atoms with E-state index in [1.54, 1.807) is 0 Å². The fourth-order valence-electron chi connectivity index (χ4n) is 9.32. The third-order valence-electron chi connectivity index (χ3n) is 12.4. The quantitative estimate of drug-likeness (QED) is 0.148. The molecule has 0 aliphatic rings. The Labute approximate surface area is 370 Å². The Morgan fingerprint density at radius 2 is 0.746 bits per heavy atom. The lowest BCUT2D eigenvalue weighted by molar-refractivity contribution is 1.18. The van der Waals surface area contributed by atoms with Crippen molar-refractivity contribution in [1.29, 1.82) is 0 Å². The van der Waals surface area contributed by atoms with Gasteiger partial charge in [0, 0.05) is 53.7 Å². The van der Waals surface area contributed by atoms with E-state index in [4.69, 9.17) is 0 Å². The summed E-state index contributed by atoms with van der Waals surface area (Å²) in [6, 6.07) is 88.4. The standard InChI is InChI=1S/C60H40N2S/c1-4-15-41(16-5-1)47-36-48(42-17-6-2-7-18-42)38-52(37-47)62-57-25-12-10-23-53(57)54-33-29-46(39-58(54)62)45-20-14-19-44(35-45)43-27-30-50(31-28-43)61(49-21-8-3-9-22-49)51-32-34-56-55-24-11-13-26-59(55)63-60(56)40-51/h1-40H. The molecule has 0 amide bonds. The van der Waals surface area contributed by atoms with Crippen LogP contribution in [0.15, 0.2) is 243 Å². The molecule has 2 heterocycles. The SMILES string of the molecule is c1ccc(-c2cc(-c3ccccc3)cc(-n3c4ccccc4c4ccc(-c5cccc(-c6ccc(N(c7ccccc7)c7ccc8c(c7)sc7ccccc78)cc6)c5)cc43)c2)cc1. The monoisotopic (exact) mass is 820 g/mol. The lowest BCUT2D eigenvalue weighted by Crippen LogP contribution is -2.09. The van der Waals surface area contributed by atoms with Crippen molar-refractivity contribution in [1.82, 2.24) is 4.57 Å². The molecule has 10 aromatic carbocycles. The Balaban J connectivity index is 0.934. The molecule has 63 heavy (non-hydrogen) atoms. The third kappa shape index (κ3) is 6.67. The highest BCUT2D eigenvalue weighted by molar-refractivity contribution is 7.25. The van der Waals surface area contributed by atoms with E-state index in [2.05, 4.69) is 252 Å². The first-order valence-corrected chi connectivity index (χ1v) is 22.3. The van der Waals surface area contributed by atoms with Gasteiger partial charge >= 0.3 is 0 Å². The summed E-state index contributed by atoms with van der Waals surface area (Å²) in [5, 5.41) is 5.10. The van der Waals surface area contributed by atoms with Crippen LogP contribution in [-0.2, 0) is 0 Å². The molecule has 12 aromatic rings. The maximum atomic E-state index is 2.45. The first-order chi connectivity index (χ1) is 31.2. The molecule has 2 aromatic heterocycles. The van der Waals surface area contributed by atoms with Crippen LogP contribution in [-0.4, -0.2) is 4.57 Å². The molecule has 0 saturated heterocycles. The van der Waals surface area contributed by atoms with Crippen molar-refractivity contribution in [3.05, 3.63) is 243 Å². The summed E-state index contributed by atoms with van der Waals surface area (Å²) >= 11 is 1.85. The zero-order valence-electron chi connectivity index (χ0n) is 34.4. The fraction of sp³-hybridized carbons (Fsp3) is 0. The summed E-state index contributed by atoms with van der Waals surface area (Å²) in [5.74, 6) is 0. The van der Waals surface area contributed by atoms with Crippen LogP contribution >= 0.6 is 11.3 Å². The normalized spacial score (nSPS) is 11.5. The number of hydrogen-bond acceptors (Lipinski definition) is 2. The van der Waals surface area contributed by atoms with E-state index in [0.717, 1.165) is 22.7 Å². The number of hydrogen-bond donors (Lipinski definition) is 0. The largest absolute Gasteiger partial charge is 0.310 e. The van der Waals surface area contributed by atoms with Crippen LogP contribution < -0.4 is 4.90 Å². The van der Waals surface area contributed by atoms with Crippen molar-refractivity contribution in [3.63, 3.8) is 0 Å². The summed E-state index contributed by atoms with van der Waals surface area (Å²) in [5.41, 5.74) is 16.4. The van der Waals surface area contributed by atoms with Gasteiger partial charge in [-0.25, -0.2) is 0 Å². The highest BCUT2D eigenvalue weighted by Crippen LogP contribution is 2.42. The number of nitrogens with zero attached hydrogens (tertiary/aromatic N) is 2. The maximum Gasteiger partial charge on any atom is 0.0547 e. The van der Waals surface area contributed by atoms with Crippen molar-refractivity contribution >= 4 is 70.4 Å². The summed E-state index contributed by atoms with van der Waals surface area (Å²) in [6.07, 6.45) is 0.